The second-order valence-electron chi connectivity index (χ2n) is 5.61. The molecule has 2 rings (SSSR count). The van der Waals surface area contributed by atoms with Crippen LogP contribution >= 0.6 is 0 Å². The Bertz CT molecular complexity index is 449. The number of rotatable bonds is 4. The lowest BCUT2D eigenvalue weighted by Crippen LogP contribution is -2.52. The van der Waals surface area contributed by atoms with Crippen LogP contribution in [0.3, 0.4) is 0 Å². The van der Waals surface area contributed by atoms with Gasteiger partial charge >= 0.3 is 0 Å². The molecule has 2 unspecified atom stereocenters. The molecule has 0 radical (unpaired) electrons. The van der Waals surface area contributed by atoms with Crippen molar-refractivity contribution in [1.29, 1.82) is 0 Å². The van der Waals surface area contributed by atoms with Crippen molar-refractivity contribution in [2.24, 2.45) is 0 Å². The summed E-state index contributed by atoms with van der Waals surface area (Å²) >= 11 is 0. The molecule has 1 N–H and O–H groups in total. The molecule has 1 saturated heterocycles. The topological polar surface area (TPSA) is 18.5 Å². The van der Waals surface area contributed by atoms with Gasteiger partial charge in [-0.15, -0.1) is 0 Å². The third kappa shape index (κ3) is 2.96. The van der Waals surface area contributed by atoms with Crippen molar-refractivity contribution in [3.8, 4) is 0 Å². The molecule has 1 aromatic rings. The predicted molar refractivity (Wildman–Crippen MR) is 82.8 cm³/mol. The fourth-order valence-electron chi connectivity index (χ4n) is 3.04. The summed E-state index contributed by atoms with van der Waals surface area (Å²) in [6, 6.07) is 6.01. The number of para-hydroxylation sites is 1. The lowest BCUT2D eigenvalue weighted by atomic mass is 10.0. The maximum Gasteiger partial charge on any atom is 0.146 e. The molecule has 112 valence electrons. The molecular formula is C16H26FN3. The normalized spacial score (nSPS) is 22.1. The van der Waals surface area contributed by atoms with Gasteiger partial charge in [-0.1, -0.05) is 19.1 Å². The molecule has 2 atom stereocenters. The van der Waals surface area contributed by atoms with Crippen LogP contribution in [-0.2, 0) is 0 Å². The maximum absolute atomic E-state index is 14.4. The minimum absolute atomic E-state index is 0.109. The van der Waals surface area contributed by atoms with Gasteiger partial charge in [-0.2, -0.15) is 0 Å². The first-order valence-corrected chi connectivity index (χ1v) is 7.53. The van der Waals surface area contributed by atoms with E-state index in [2.05, 4.69) is 35.9 Å². The van der Waals surface area contributed by atoms with Crippen molar-refractivity contribution >= 4 is 5.69 Å². The van der Waals surface area contributed by atoms with Crippen molar-refractivity contribution in [2.45, 2.75) is 32.9 Å². The largest absolute Gasteiger partial charge is 0.366 e. The highest BCUT2D eigenvalue weighted by Gasteiger charge is 2.26. The Labute approximate surface area is 121 Å². The molecule has 0 amide bonds. The van der Waals surface area contributed by atoms with Gasteiger partial charge in [0.15, 0.2) is 0 Å². The van der Waals surface area contributed by atoms with Crippen molar-refractivity contribution in [3.63, 3.8) is 0 Å². The van der Waals surface area contributed by atoms with E-state index in [1.165, 1.54) is 0 Å². The summed E-state index contributed by atoms with van der Waals surface area (Å²) < 4.78 is 14.4. The molecule has 1 aromatic carbocycles. The summed E-state index contributed by atoms with van der Waals surface area (Å²) in [7, 11) is 1.91. The number of nitrogens with one attached hydrogen (secondary N) is 1. The molecule has 1 fully saturated rings. The van der Waals surface area contributed by atoms with Gasteiger partial charge in [0.25, 0.3) is 0 Å². The average molecular weight is 279 g/mol. The second-order valence-corrected chi connectivity index (χ2v) is 5.61. The van der Waals surface area contributed by atoms with Crippen LogP contribution in [0.4, 0.5) is 10.1 Å². The van der Waals surface area contributed by atoms with Crippen molar-refractivity contribution in [3.05, 3.63) is 29.6 Å². The zero-order valence-corrected chi connectivity index (χ0v) is 13.0. The number of anilines is 1. The van der Waals surface area contributed by atoms with Gasteiger partial charge in [-0.25, -0.2) is 4.39 Å². The molecule has 4 heteroatoms. The lowest BCUT2D eigenvalue weighted by molar-refractivity contribution is 0.199. The van der Waals surface area contributed by atoms with Gasteiger partial charge in [0.2, 0.25) is 0 Å². The summed E-state index contributed by atoms with van der Waals surface area (Å²) in [5, 5.41) is 3.22. The van der Waals surface area contributed by atoms with Crippen LogP contribution in [0.5, 0.6) is 0 Å². The molecule has 0 aliphatic carbocycles. The minimum Gasteiger partial charge on any atom is -0.366 e. The molecule has 0 aromatic heterocycles. The van der Waals surface area contributed by atoms with Crippen LogP contribution in [0.1, 0.15) is 32.4 Å². The molecule has 0 saturated carbocycles. The third-order valence-electron chi connectivity index (χ3n) is 4.41. The SMILES string of the molecule is CCN1CCN(c2c(F)cccc2C(C)NC)CC1C. The zero-order chi connectivity index (χ0) is 14.7. The van der Waals surface area contributed by atoms with Gasteiger partial charge < -0.3 is 10.2 Å². The van der Waals surface area contributed by atoms with Crippen LogP contribution in [0, 0.1) is 5.82 Å². The molecule has 3 nitrogen and oxygen atoms in total. The summed E-state index contributed by atoms with van der Waals surface area (Å²) in [6.45, 7) is 10.3. The first kappa shape index (κ1) is 15.3. The summed E-state index contributed by atoms with van der Waals surface area (Å²) in [6.07, 6.45) is 0. The smallest absolute Gasteiger partial charge is 0.146 e. The maximum atomic E-state index is 14.4. The first-order valence-electron chi connectivity index (χ1n) is 7.53. The number of piperazine rings is 1. The third-order valence-corrected chi connectivity index (χ3v) is 4.41. The van der Waals surface area contributed by atoms with Gasteiger partial charge in [0.05, 0.1) is 5.69 Å². The number of likely N-dealkylation sites (N-methyl/N-ethyl adjacent to an activating group) is 1. The van der Waals surface area contributed by atoms with E-state index in [1.807, 2.05) is 13.1 Å². The van der Waals surface area contributed by atoms with Gasteiger partial charge in [-0.3, -0.25) is 4.90 Å². The summed E-state index contributed by atoms with van der Waals surface area (Å²) in [5.41, 5.74) is 1.82. The van der Waals surface area contributed by atoms with E-state index >= 15 is 0 Å². The van der Waals surface area contributed by atoms with Gasteiger partial charge in [-0.05, 0) is 39.1 Å². The fraction of sp³-hybridized carbons (Fsp3) is 0.625. The highest BCUT2D eigenvalue weighted by Crippen LogP contribution is 2.30. The molecule has 0 spiro atoms. The van der Waals surface area contributed by atoms with Crippen LogP contribution in [0.15, 0.2) is 18.2 Å². The Morgan fingerprint density at radius 3 is 2.75 bits per heavy atom. The average Bonchev–Trinajstić information content (AvgIpc) is 2.46. The molecule has 0 bridgehead atoms. The highest BCUT2D eigenvalue weighted by molar-refractivity contribution is 5.56. The van der Waals surface area contributed by atoms with Crippen LogP contribution in [-0.4, -0.2) is 44.2 Å². The summed E-state index contributed by atoms with van der Waals surface area (Å²) in [5.74, 6) is -0.109. The first-order chi connectivity index (χ1) is 9.58. The highest BCUT2D eigenvalue weighted by atomic mass is 19.1. The molecule has 1 aliphatic rings. The van der Waals surface area contributed by atoms with E-state index in [4.69, 9.17) is 0 Å². The summed E-state index contributed by atoms with van der Waals surface area (Å²) in [4.78, 5) is 4.65. The molecular weight excluding hydrogens is 253 g/mol. The number of nitrogens with zero attached hydrogens (tertiary/aromatic N) is 2. The molecule has 1 heterocycles. The van der Waals surface area contributed by atoms with Gasteiger partial charge in [0.1, 0.15) is 5.82 Å². The number of benzene rings is 1. The minimum atomic E-state index is -0.109. The Morgan fingerprint density at radius 2 is 2.15 bits per heavy atom. The zero-order valence-electron chi connectivity index (χ0n) is 13.0. The molecule has 1 aliphatic heterocycles. The number of halogens is 1. The second kappa shape index (κ2) is 6.55. The van der Waals surface area contributed by atoms with E-state index in [-0.39, 0.29) is 11.9 Å². The quantitative estimate of drug-likeness (QED) is 0.914. The fourth-order valence-corrected chi connectivity index (χ4v) is 3.04. The number of hydrogen-bond donors (Lipinski definition) is 1. The monoisotopic (exact) mass is 279 g/mol. The standard InChI is InChI=1S/C16H26FN3/c1-5-19-9-10-20(11-12(19)2)16-14(13(3)18-4)7-6-8-15(16)17/h6-8,12-13,18H,5,9-11H2,1-4H3. The number of hydrogen-bond acceptors (Lipinski definition) is 3. The van der Waals surface area contributed by atoms with E-state index < -0.39 is 0 Å². The van der Waals surface area contributed by atoms with Crippen molar-refractivity contribution in [2.75, 3.05) is 38.1 Å². The van der Waals surface area contributed by atoms with Crippen molar-refractivity contribution < 1.29 is 4.39 Å². The van der Waals surface area contributed by atoms with E-state index in [0.29, 0.717) is 6.04 Å². The van der Waals surface area contributed by atoms with E-state index in [0.717, 1.165) is 37.4 Å². The Hall–Kier alpha value is -1.13. The Kier molecular flexibility index (Phi) is 5.00. The lowest BCUT2D eigenvalue weighted by Gasteiger charge is -2.41. The van der Waals surface area contributed by atoms with Gasteiger partial charge in [0, 0.05) is 31.7 Å². The van der Waals surface area contributed by atoms with Crippen LogP contribution in [0.25, 0.3) is 0 Å². The van der Waals surface area contributed by atoms with E-state index in [9.17, 15) is 4.39 Å². The van der Waals surface area contributed by atoms with Crippen molar-refractivity contribution in [1.82, 2.24) is 10.2 Å². The van der Waals surface area contributed by atoms with Crippen LogP contribution in [0.2, 0.25) is 0 Å². The Morgan fingerprint density at radius 1 is 1.40 bits per heavy atom. The predicted octanol–water partition coefficient (Wildman–Crippen LogP) is 2.64. The molecule has 20 heavy (non-hydrogen) atoms. The van der Waals surface area contributed by atoms with Crippen LogP contribution < -0.4 is 10.2 Å². The van der Waals surface area contributed by atoms with E-state index in [1.54, 1.807) is 12.1 Å². The Balaban J connectivity index is 2.28.